The van der Waals surface area contributed by atoms with Crippen LogP contribution in [-0.4, -0.2) is 29.0 Å². The Morgan fingerprint density at radius 2 is 2.24 bits per heavy atom. The van der Waals surface area contributed by atoms with E-state index in [1.54, 1.807) is 11.0 Å². The predicted molar refractivity (Wildman–Crippen MR) is 67.4 cm³/mol. The maximum absolute atomic E-state index is 12.2. The largest absolute Gasteiger partial charge is 0.507 e. The molecular weight excluding hydrogens is 238 g/mol. The second-order valence-electron chi connectivity index (χ2n) is 4.21. The molecule has 1 amide bonds. The summed E-state index contributed by atoms with van der Waals surface area (Å²) in [5.74, 6) is -0.195. The molecule has 0 saturated heterocycles. The molecule has 1 N–H and O–H groups in total. The molecular formula is C13H14ClNO2. The zero-order valence-corrected chi connectivity index (χ0v) is 10.4. The number of aromatic hydroxyl groups is 1. The summed E-state index contributed by atoms with van der Waals surface area (Å²) in [5.41, 5.74) is 1.56. The van der Waals surface area contributed by atoms with Crippen molar-refractivity contribution in [1.82, 2.24) is 4.90 Å². The first-order valence-corrected chi connectivity index (χ1v) is 5.89. The molecule has 4 heteroatoms. The van der Waals surface area contributed by atoms with Crippen LogP contribution in [0.4, 0.5) is 0 Å². The van der Waals surface area contributed by atoms with Crippen molar-refractivity contribution < 1.29 is 9.90 Å². The number of hydrogen-bond donors (Lipinski definition) is 1. The van der Waals surface area contributed by atoms with E-state index in [1.165, 1.54) is 17.7 Å². The molecule has 3 nitrogen and oxygen atoms in total. The van der Waals surface area contributed by atoms with Crippen LogP contribution in [0.25, 0.3) is 0 Å². The standard InChI is InChI=1S/C13H14ClNO2/c1-9-4-6-15(7-5-9)13(17)11-8-10(14)2-3-12(11)16/h2-4,8,16H,5-7H2,1H3. The number of halogens is 1. The van der Waals surface area contributed by atoms with Gasteiger partial charge in [-0.05, 0) is 31.5 Å². The second-order valence-corrected chi connectivity index (χ2v) is 4.65. The lowest BCUT2D eigenvalue weighted by atomic mass is 10.1. The SMILES string of the molecule is CC1=CCN(C(=O)c2cc(Cl)ccc2O)CC1. The third-order valence-corrected chi connectivity index (χ3v) is 3.15. The molecule has 2 rings (SSSR count). The van der Waals surface area contributed by atoms with Gasteiger partial charge >= 0.3 is 0 Å². The van der Waals surface area contributed by atoms with Crippen LogP contribution >= 0.6 is 11.6 Å². The maximum Gasteiger partial charge on any atom is 0.257 e. The van der Waals surface area contributed by atoms with Crippen LogP contribution in [0, 0.1) is 0 Å². The first kappa shape index (κ1) is 12.0. The first-order chi connectivity index (χ1) is 8.08. The normalized spacial score (nSPS) is 15.6. The van der Waals surface area contributed by atoms with Gasteiger partial charge in [0.2, 0.25) is 0 Å². The molecule has 0 atom stereocenters. The molecule has 1 aliphatic heterocycles. The summed E-state index contributed by atoms with van der Waals surface area (Å²) in [6, 6.07) is 4.51. The summed E-state index contributed by atoms with van der Waals surface area (Å²) in [4.78, 5) is 13.9. The number of hydrogen-bond acceptors (Lipinski definition) is 2. The van der Waals surface area contributed by atoms with Gasteiger partial charge in [-0.2, -0.15) is 0 Å². The van der Waals surface area contributed by atoms with Gasteiger partial charge in [-0.15, -0.1) is 0 Å². The first-order valence-electron chi connectivity index (χ1n) is 5.51. The number of phenols is 1. The minimum absolute atomic E-state index is 0.0225. The lowest BCUT2D eigenvalue weighted by Crippen LogP contribution is -2.34. The molecule has 0 radical (unpaired) electrons. The molecule has 0 spiro atoms. The number of carbonyl (C=O) groups excluding carboxylic acids is 1. The van der Waals surface area contributed by atoms with Crippen molar-refractivity contribution in [2.45, 2.75) is 13.3 Å². The minimum Gasteiger partial charge on any atom is -0.507 e. The van der Waals surface area contributed by atoms with Crippen molar-refractivity contribution >= 4 is 17.5 Å². The number of nitrogens with zero attached hydrogens (tertiary/aromatic N) is 1. The average Bonchev–Trinajstić information content (AvgIpc) is 2.32. The summed E-state index contributed by atoms with van der Waals surface area (Å²) >= 11 is 5.83. The molecule has 90 valence electrons. The van der Waals surface area contributed by atoms with E-state index in [0.717, 1.165) is 6.42 Å². The minimum atomic E-state index is -0.172. The van der Waals surface area contributed by atoms with E-state index in [9.17, 15) is 9.90 Å². The Balaban J connectivity index is 2.23. The van der Waals surface area contributed by atoms with E-state index in [0.29, 0.717) is 18.1 Å². The molecule has 0 fully saturated rings. The van der Waals surface area contributed by atoms with Crippen molar-refractivity contribution in [3.8, 4) is 5.75 Å². The van der Waals surface area contributed by atoms with Gasteiger partial charge in [-0.25, -0.2) is 0 Å². The van der Waals surface area contributed by atoms with Crippen molar-refractivity contribution in [1.29, 1.82) is 0 Å². The summed E-state index contributed by atoms with van der Waals surface area (Å²) in [6.45, 7) is 3.34. The van der Waals surface area contributed by atoms with Gasteiger partial charge in [0, 0.05) is 18.1 Å². The zero-order chi connectivity index (χ0) is 12.4. The van der Waals surface area contributed by atoms with E-state index >= 15 is 0 Å². The molecule has 0 saturated carbocycles. The van der Waals surface area contributed by atoms with Gasteiger partial charge < -0.3 is 10.0 Å². The fourth-order valence-corrected chi connectivity index (χ4v) is 1.98. The van der Waals surface area contributed by atoms with Crippen molar-refractivity contribution in [3.05, 3.63) is 40.4 Å². The molecule has 1 heterocycles. The smallest absolute Gasteiger partial charge is 0.257 e. The van der Waals surface area contributed by atoms with Crippen LogP contribution in [0.3, 0.4) is 0 Å². The van der Waals surface area contributed by atoms with Crippen LogP contribution < -0.4 is 0 Å². The molecule has 1 aromatic rings. The fourth-order valence-electron chi connectivity index (χ4n) is 1.81. The fraction of sp³-hybridized carbons (Fsp3) is 0.308. The third kappa shape index (κ3) is 2.61. The zero-order valence-electron chi connectivity index (χ0n) is 9.61. The maximum atomic E-state index is 12.2. The molecule has 0 aliphatic carbocycles. The topological polar surface area (TPSA) is 40.5 Å². The molecule has 0 aromatic heterocycles. The highest BCUT2D eigenvalue weighted by Crippen LogP contribution is 2.24. The average molecular weight is 252 g/mol. The van der Waals surface area contributed by atoms with Gasteiger partial charge in [0.1, 0.15) is 5.75 Å². The predicted octanol–water partition coefficient (Wildman–Crippen LogP) is 2.84. The number of phenolic OH excluding ortho intramolecular Hbond substituents is 1. The van der Waals surface area contributed by atoms with E-state index < -0.39 is 0 Å². The Hall–Kier alpha value is -1.48. The number of benzene rings is 1. The van der Waals surface area contributed by atoms with Crippen molar-refractivity contribution in [2.75, 3.05) is 13.1 Å². The highest BCUT2D eigenvalue weighted by molar-refractivity contribution is 6.31. The van der Waals surface area contributed by atoms with Crippen LogP contribution in [0.5, 0.6) is 5.75 Å². The molecule has 0 unspecified atom stereocenters. The number of amides is 1. The molecule has 0 bridgehead atoms. The highest BCUT2D eigenvalue weighted by atomic mass is 35.5. The van der Waals surface area contributed by atoms with Crippen molar-refractivity contribution in [3.63, 3.8) is 0 Å². The summed E-state index contributed by atoms with van der Waals surface area (Å²) < 4.78 is 0. The molecule has 1 aromatic carbocycles. The number of rotatable bonds is 1. The van der Waals surface area contributed by atoms with Crippen molar-refractivity contribution in [2.24, 2.45) is 0 Å². The summed E-state index contributed by atoms with van der Waals surface area (Å²) in [6.07, 6.45) is 2.91. The summed E-state index contributed by atoms with van der Waals surface area (Å²) in [7, 11) is 0. The second kappa shape index (κ2) is 4.80. The van der Waals surface area contributed by atoms with E-state index in [1.807, 2.05) is 6.08 Å². The van der Waals surface area contributed by atoms with Gasteiger partial charge in [0.15, 0.2) is 0 Å². The lowest BCUT2D eigenvalue weighted by molar-refractivity contribution is 0.0766. The van der Waals surface area contributed by atoms with Gasteiger partial charge in [0.25, 0.3) is 5.91 Å². The lowest BCUT2D eigenvalue weighted by Gasteiger charge is -2.25. The Kier molecular flexibility index (Phi) is 3.38. The van der Waals surface area contributed by atoms with Crippen LogP contribution in [-0.2, 0) is 0 Å². The van der Waals surface area contributed by atoms with Crippen LogP contribution in [0.2, 0.25) is 5.02 Å². The number of carbonyl (C=O) groups is 1. The van der Waals surface area contributed by atoms with E-state index in [4.69, 9.17) is 11.6 Å². The van der Waals surface area contributed by atoms with Gasteiger partial charge in [0.05, 0.1) is 5.56 Å². The Morgan fingerprint density at radius 3 is 2.88 bits per heavy atom. The monoisotopic (exact) mass is 251 g/mol. The highest BCUT2D eigenvalue weighted by Gasteiger charge is 2.20. The Labute approximate surface area is 105 Å². The van der Waals surface area contributed by atoms with Gasteiger partial charge in [-0.3, -0.25) is 4.79 Å². The van der Waals surface area contributed by atoms with Crippen LogP contribution in [0.15, 0.2) is 29.8 Å². The summed E-state index contributed by atoms with van der Waals surface area (Å²) in [5, 5.41) is 10.1. The van der Waals surface area contributed by atoms with E-state index in [-0.39, 0.29) is 17.2 Å². The van der Waals surface area contributed by atoms with E-state index in [2.05, 4.69) is 6.92 Å². The Morgan fingerprint density at radius 1 is 1.47 bits per heavy atom. The quantitative estimate of drug-likeness (QED) is 0.780. The van der Waals surface area contributed by atoms with Gasteiger partial charge in [-0.1, -0.05) is 23.3 Å². The molecule has 17 heavy (non-hydrogen) atoms. The van der Waals surface area contributed by atoms with Crippen LogP contribution in [0.1, 0.15) is 23.7 Å². The molecule has 1 aliphatic rings. The third-order valence-electron chi connectivity index (χ3n) is 2.91. The Bertz CT molecular complexity index is 482.